The van der Waals surface area contributed by atoms with Gasteiger partial charge in [-0.05, 0) is 12.8 Å². The quantitative estimate of drug-likeness (QED) is 0.127. The van der Waals surface area contributed by atoms with Crippen LogP contribution in [0.4, 0.5) is 0 Å². The van der Waals surface area contributed by atoms with Gasteiger partial charge < -0.3 is 34.3 Å². The summed E-state index contributed by atoms with van der Waals surface area (Å²) >= 11 is 0. The first kappa shape index (κ1) is 21.6. The second-order valence-corrected chi connectivity index (χ2v) is 4.05. The summed E-state index contributed by atoms with van der Waals surface area (Å²) in [5.74, 6) is 0. The van der Waals surface area contributed by atoms with E-state index in [1.54, 1.807) is 0 Å². The van der Waals surface area contributed by atoms with Crippen molar-refractivity contribution >= 4 is 0 Å². The SMILES string of the molecule is OCCCCOOC(OCCOCCO)OCCOCCO. The summed E-state index contributed by atoms with van der Waals surface area (Å²) in [6.45, 7) is 0.763. The molecule has 0 aliphatic heterocycles. The maximum atomic E-state index is 8.64. The number of hydrogen-bond donors (Lipinski definition) is 3. The Labute approximate surface area is 130 Å². The molecule has 0 amide bonds. The van der Waals surface area contributed by atoms with Crippen molar-refractivity contribution in [2.24, 2.45) is 0 Å². The molecule has 0 radical (unpaired) electrons. The molecule has 0 atom stereocenters. The fourth-order valence-corrected chi connectivity index (χ4v) is 1.22. The van der Waals surface area contributed by atoms with Crippen LogP contribution in [0.3, 0.4) is 0 Å². The van der Waals surface area contributed by atoms with Crippen LogP contribution in [0.1, 0.15) is 12.8 Å². The summed E-state index contributed by atoms with van der Waals surface area (Å²) < 4.78 is 20.6. The van der Waals surface area contributed by atoms with Gasteiger partial charge in [-0.3, -0.25) is 0 Å². The lowest BCUT2D eigenvalue weighted by atomic mass is 10.3. The van der Waals surface area contributed by atoms with Crippen molar-refractivity contribution in [2.45, 2.75) is 19.3 Å². The number of aliphatic hydroxyl groups excluding tert-OH is 3. The molecule has 0 aromatic rings. The van der Waals surface area contributed by atoms with Gasteiger partial charge in [-0.15, -0.1) is 0 Å². The van der Waals surface area contributed by atoms with Gasteiger partial charge in [0.05, 0.1) is 59.5 Å². The predicted molar refractivity (Wildman–Crippen MR) is 74.9 cm³/mol. The first-order valence-electron chi connectivity index (χ1n) is 7.34. The number of ether oxygens (including phenoxy) is 4. The number of aliphatic hydroxyl groups is 3. The van der Waals surface area contributed by atoms with Crippen LogP contribution in [0.5, 0.6) is 0 Å². The molecule has 0 rings (SSSR count). The molecule has 0 saturated carbocycles. The van der Waals surface area contributed by atoms with Crippen LogP contribution in [-0.2, 0) is 28.7 Å². The predicted octanol–water partition coefficient (Wildman–Crippen LogP) is -0.958. The largest absolute Gasteiger partial charge is 0.396 e. The maximum Gasteiger partial charge on any atom is 0.301 e. The summed E-state index contributed by atoms with van der Waals surface area (Å²) in [5.41, 5.74) is 0. The van der Waals surface area contributed by atoms with E-state index in [2.05, 4.69) is 0 Å². The van der Waals surface area contributed by atoms with Gasteiger partial charge in [-0.1, -0.05) is 0 Å². The highest BCUT2D eigenvalue weighted by Gasteiger charge is 2.11. The van der Waals surface area contributed by atoms with E-state index in [9.17, 15) is 0 Å². The van der Waals surface area contributed by atoms with Crippen molar-refractivity contribution in [1.29, 1.82) is 0 Å². The van der Waals surface area contributed by atoms with Crippen LogP contribution in [0.2, 0.25) is 0 Å². The van der Waals surface area contributed by atoms with Crippen LogP contribution < -0.4 is 0 Å². The summed E-state index contributed by atoms with van der Waals surface area (Å²) in [6, 6.07) is 0. The van der Waals surface area contributed by atoms with Gasteiger partial charge in [0, 0.05) is 6.61 Å². The Morgan fingerprint density at radius 2 is 1.18 bits per heavy atom. The topological polar surface area (TPSA) is 116 Å². The van der Waals surface area contributed by atoms with E-state index in [4.69, 9.17) is 44.0 Å². The zero-order valence-corrected chi connectivity index (χ0v) is 12.9. The van der Waals surface area contributed by atoms with Gasteiger partial charge >= 0.3 is 6.48 Å². The molecule has 0 fully saturated rings. The molecule has 9 heteroatoms. The molecule has 0 aromatic carbocycles. The minimum Gasteiger partial charge on any atom is -0.396 e. The Kier molecular flexibility index (Phi) is 18.4. The van der Waals surface area contributed by atoms with E-state index in [-0.39, 0.29) is 59.5 Å². The van der Waals surface area contributed by atoms with Crippen molar-refractivity contribution in [3.8, 4) is 0 Å². The third-order valence-corrected chi connectivity index (χ3v) is 2.22. The zero-order chi connectivity index (χ0) is 16.3. The van der Waals surface area contributed by atoms with Gasteiger partial charge in [0.2, 0.25) is 0 Å². The monoisotopic (exact) mass is 328 g/mol. The fraction of sp³-hybridized carbons (Fsp3) is 1.00. The van der Waals surface area contributed by atoms with Crippen molar-refractivity contribution < 1.29 is 44.0 Å². The highest BCUT2D eigenvalue weighted by Crippen LogP contribution is 2.01. The summed E-state index contributed by atoms with van der Waals surface area (Å²) in [5, 5.41) is 25.8. The first-order chi connectivity index (χ1) is 10.8. The molecular weight excluding hydrogens is 300 g/mol. The van der Waals surface area contributed by atoms with Gasteiger partial charge in [0.1, 0.15) is 0 Å². The minimum absolute atomic E-state index is 0.0490. The highest BCUT2D eigenvalue weighted by molar-refractivity contribution is 4.35. The zero-order valence-electron chi connectivity index (χ0n) is 12.9. The molecule has 3 N–H and O–H groups in total. The van der Waals surface area contributed by atoms with Gasteiger partial charge in [-0.25, -0.2) is 4.89 Å². The van der Waals surface area contributed by atoms with Gasteiger partial charge in [-0.2, -0.15) is 4.89 Å². The lowest BCUT2D eigenvalue weighted by Gasteiger charge is -2.17. The molecule has 0 spiro atoms. The lowest BCUT2D eigenvalue weighted by Crippen LogP contribution is -2.25. The van der Waals surface area contributed by atoms with E-state index < -0.39 is 6.48 Å². The second-order valence-electron chi connectivity index (χ2n) is 4.05. The third kappa shape index (κ3) is 16.0. The molecule has 134 valence electrons. The standard InChI is InChI=1S/C13H28O9/c14-3-1-2-6-21-22-13(19-11-9-17-7-4-15)20-12-10-18-8-5-16/h13-16H,1-12H2. The first-order valence-corrected chi connectivity index (χ1v) is 7.34. The van der Waals surface area contributed by atoms with Crippen LogP contribution in [0, 0.1) is 0 Å². The van der Waals surface area contributed by atoms with Crippen LogP contribution in [-0.4, -0.2) is 87.9 Å². The Morgan fingerprint density at radius 1 is 0.591 bits per heavy atom. The smallest absolute Gasteiger partial charge is 0.301 e. The molecule has 0 heterocycles. The molecule has 0 bridgehead atoms. The number of hydrogen-bond acceptors (Lipinski definition) is 9. The molecular formula is C13H28O9. The van der Waals surface area contributed by atoms with Crippen LogP contribution in [0.15, 0.2) is 0 Å². The Balaban J connectivity index is 3.72. The van der Waals surface area contributed by atoms with E-state index in [1.807, 2.05) is 0 Å². The van der Waals surface area contributed by atoms with Crippen molar-refractivity contribution in [1.82, 2.24) is 0 Å². The number of rotatable bonds is 18. The van der Waals surface area contributed by atoms with Crippen molar-refractivity contribution in [2.75, 3.05) is 66.1 Å². The molecule has 0 aliphatic carbocycles. The van der Waals surface area contributed by atoms with E-state index in [0.717, 1.165) is 0 Å². The number of unbranched alkanes of at least 4 members (excludes halogenated alkanes) is 1. The summed E-state index contributed by atoms with van der Waals surface area (Å²) in [7, 11) is 0. The fourth-order valence-electron chi connectivity index (χ4n) is 1.22. The average Bonchev–Trinajstić information content (AvgIpc) is 2.53. The van der Waals surface area contributed by atoms with E-state index in [1.165, 1.54) is 0 Å². The van der Waals surface area contributed by atoms with Crippen molar-refractivity contribution in [3.63, 3.8) is 0 Å². The average molecular weight is 328 g/mol. The Morgan fingerprint density at radius 3 is 1.68 bits per heavy atom. The lowest BCUT2D eigenvalue weighted by molar-refractivity contribution is -0.445. The molecule has 0 saturated heterocycles. The van der Waals surface area contributed by atoms with E-state index >= 15 is 0 Å². The molecule has 0 aliphatic rings. The molecule has 22 heavy (non-hydrogen) atoms. The van der Waals surface area contributed by atoms with Gasteiger partial charge in [0.15, 0.2) is 0 Å². The Hall–Kier alpha value is -0.360. The minimum atomic E-state index is -1.02. The third-order valence-electron chi connectivity index (χ3n) is 2.22. The second kappa shape index (κ2) is 18.7. The van der Waals surface area contributed by atoms with E-state index in [0.29, 0.717) is 19.4 Å². The van der Waals surface area contributed by atoms with Crippen LogP contribution in [0.25, 0.3) is 0 Å². The maximum absolute atomic E-state index is 8.64. The van der Waals surface area contributed by atoms with Crippen molar-refractivity contribution in [3.05, 3.63) is 0 Å². The highest BCUT2D eigenvalue weighted by atomic mass is 17.3. The molecule has 0 aromatic heterocycles. The normalized spacial score (nSPS) is 11.5. The van der Waals surface area contributed by atoms with Crippen LogP contribution >= 0.6 is 0 Å². The Bertz CT molecular complexity index is 173. The summed E-state index contributed by atoms with van der Waals surface area (Å²) in [6.07, 6.45) is 1.28. The summed E-state index contributed by atoms with van der Waals surface area (Å²) in [4.78, 5) is 9.90. The molecule has 9 nitrogen and oxygen atoms in total. The molecule has 0 unspecified atom stereocenters. The van der Waals surface area contributed by atoms with Gasteiger partial charge in [0.25, 0.3) is 0 Å².